The molecule has 1 heterocycles. The number of halogens is 1. The molecular weight excluding hydrogens is 301 g/mol. The minimum absolute atomic E-state index is 0.862. The van der Waals surface area contributed by atoms with E-state index in [1.165, 1.54) is 25.7 Å². The summed E-state index contributed by atoms with van der Waals surface area (Å²) in [5.41, 5.74) is 0. The number of anilines is 1. The minimum atomic E-state index is 0.862. The van der Waals surface area contributed by atoms with E-state index >= 15 is 0 Å². The maximum absolute atomic E-state index is 4.33. The minimum Gasteiger partial charge on any atom is -0.358 e. The van der Waals surface area contributed by atoms with E-state index in [9.17, 15) is 0 Å². The van der Waals surface area contributed by atoms with Gasteiger partial charge in [0.15, 0.2) is 0 Å². The average molecular weight is 317 g/mol. The van der Waals surface area contributed by atoms with E-state index in [-0.39, 0.29) is 0 Å². The van der Waals surface area contributed by atoms with E-state index in [4.69, 9.17) is 0 Å². The van der Waals surface area contributed by atoms with Gasteiger partial charge in [0.05, 0.1) is 3.57 Å². The molecule has 2 rings (SSSR count). The predicted octanol–water partition coefficient (Wildman–Crippen LogP) is 2.71. The molecule has 1 fully saturated rings. The Bertz CT molecular complexity index is 323. The highest BCUT2D eigenvalue weighted by Gasteiger charge is 2.18. The summed E-state index contributed by atoms with van der Waals surface area (Å²) in [6, 6.07) is 0. The van der Waals surface area contributed by atoms with Gasteiger partial charge in [0, 0.05) is 19.8 Å². The molecule has 4 heteroatoms. The maximum Gasteiger partial charge on any atom is 0.145 e. The van der Waals surface area contributed by atoms with Crippen molar-refractivity contribution >= 4 is 28.4 Å². The number of hydrogen-bond acceptors (Lipinski definition) is 3. The molecule has 0 spiro atoms. The lowest BCUT2D eigenvalue weighted by atomic mass is 10.1. The molecule has 0 amide bonds. The summed E-state index contributed by atoms with van der Waals surface area (Å²) >= 11 is 2.30. The molecule has 1 aromatic rings. The van der Waals surface area contributed by atoms with Crippen molar-refractivity contribution in [3.63, 3.8) is 0 Å². The van der Waals surface area contributed by atoms with Crippen LogP contribution in [-0.4, -0.2) is 23.6 Å². The van der Waals surface area contributed by atoms with Gasteiger partial charge in [-0.1, -0.05) is 12.8 Å². The first-order chi connectivity index (χ1) is 7.27. The van der Waals surface area contributed by atoms with Crippen LogP contribution in [0.1, 0.15) is 25.7 Å². The van der Waals surface area contributed by atoms with Gasteiger partial charge in [0.1, 0.15) is 12.1 Å². The zero-order valence-corrected chi connectivity index (χ0v) is 11.1. The quantitative estimate of drug-likeness (QED) is 0.803. The lowest BCUT2D eigenvalue weighted by Gasteiger charge is -2.22. The third kappa shape index (κ3) is 2.80. The molecule has 0 radical (unpaired) electrons. The number of aromatic nitrogens is 2. The summed E-state index contributed by atoms with van der Waals surface area (Å²) in [4.78, 5) is 10.6. The van der Waals surface area contributed by atoms with Gasteiger partial charge in [-0.25, -0.2) is 9.97 Å². The van der Waals surface area contributed by atoms with E-state index < -0.39 is 0 Å². The van der Waals surface area contributed by atoms with Crippen LogP contribution < -0.4 is 4.90 Å². The van der Waals surface area contributed by atoms with Crippen molar-refractivity contribution < 1.29 is 0 Å². The normalized spacial score (nSPS) is 16.9. The van der Waals surface area contributed by atoms with Crippen LogP contribution in [0.5, 0.6) is 0 Å². The molecule has 0 N–H and O–H groups in total. The molecule has 0 aromatic carbocycles. The van der Waals surface area contributed by atoms with Crippen molar-refractivity contribution in [2.75, 3.05) is 18.5 Å². The van der Waals surface area contributed by atoms with Gasteiger partial charge in [-0.2, -0.15) is 0 Å². The molecule has 1 aliphatic carbocycles. The average Bonchev–Trinajstić information content (AvgIpc) is 2.71. The van der Waals surface area contributed by atoms with Crippen molar-refractivity contribution in [3.05, 3.63) is 16.1 Å². The van der Waals surface area contributed by atoms with Crippen LogP contribution in [0.4, 0.5) is 5.82 Å². The fourth-order valence-corrected chi connectivity index (χ4v) is 2.97. The van der Waals surface area contributed by atoms with E-state index in [0.29, 0.717) is 0 Å². The van der Waals surface area contributed by atoms with Gasteiger partial charge in [0.2, 0.25) is 0 Å². The van der Waals surface area contributed by atoms with Crippen LogP contribution in [0.15, 0.2) is 12.5 Å². The fourth-order valence-electron chi connectivity index (χ4n) is 2.25. The molecule has 1 saturated carbocycles. The Labute approximate surface area is 104 Å². The van der Waals surface area contributed by atoms with Crippen molar-refractivity contribution in [1.29, 1.82) is 0 Å². The molecule has 1 aromatic heterocycles. The second-order valence-corrected chi connectivity index (χ2v) is 5.39. The van der Waals surface area contributed by atoms with Crippen molar-refractivity contribution in [2.24, 2.45) is 5.92 Å². The second kappa shape index (κ2) is 5.09. The first-order valence-corrected chi connectivity index (χ1v) is 6.52. The van der Waals surface area contributed by atoms with Crippen molar-refractivity contribution in [1.82, 2.24) is 9.97 Å². The molecule has 0 bridgehead atoms. The first-order valence-electron chi connectivity index (χ1n) is 5.44. The maximum atomic E-state index is 4.33. The van der Waals surface area contributed by atoms with Crippen molar-refractivity contribution in [3.8, 4) is 0 Å². The molecule has 15 heavy (non-hydrogen) atoms. The number of hydrogen-bond donors (Lipinski definition) is 0. The molecule has 1 aliphatic rings. The molecular formula is C11H16IN3. The molecule has 0 saturated heterocycles. The Morgan fingerprint density at radius 1 is 1.47 bits per heavy atom. The third-order valence-electron chi connectivity index (χ3n) is 3.02. The highest BCUT2D eigenvalue weighted by molar-refractivity contribution is 14.1. The Kier molecular flexibility index (Phi) is 3.77. The lowest BCUT2D eigenvalue weighted by Crippen LogP contribution is -2.25. The van der Waals surface area contributed by atoms with Crippen LogP contribution in [0.25, 0.3) is 0 Å². The fraction of sp³-hybridized carbons (Fsp3) is 0.636. The summed E-state index contributed by atoms with van der Waals surface area (Å²) in [5.74, 6) is 1.93. The van der Waals surface area contributed by atoms with Gasteiger partial charge < -0.3 is 4.90 Å². The van der Waals surface area contributed by atoms with Crippen LogP contribution in [0.3, 0.4) is 0 Å². The van der Waals surface area contributed by atoms with Crippen LogP contribution in [0.2, 0.25) is 0 Å². The Balaban J connectivity index is 2.00. The molecule has 0 unspecified atom stereocenters. The standard InChI is InChI=1S/C11H16IN3/c1-15(7-9-4-2-3-5-9)11-10(12)6-13-8-14-11/h6,8-9H,2-5,7H2,1H3. The lowest BCUT2D eigenvalue weighted by molar-refractivity contribution is 0.544. The zero-order chi connectivity index (χ0) is 10.7. The topological polar surface area (TPSA) is 29.0 Å². The van der Waals surface area contributed by atoms with E-state index in [1.54, 1.807) is 6.33 Å². The van der Waals surface area contributed by atoms with Gasteiger partial charge >= 0.3 is 0 Å². The summed E-state index contributed by atoms with van der Waals surface area (Å²) in [5, 5.41) is 0. The Hall–Kier alpha value is -0.390. The van der Waals surface area contributed by atoms with Crippen LogP contribution in [-0.2, 0) is 0 Å². The Morgan fingerprint density at radius 3 is 2.87 bits per heavy atom. The monoisotopic (exact) mass is 317 g/mol. The van der Waals surface area contributed by atoms with E-state index in [0.717, 1.165) is 21.9 Å². The van der Waals surface area contributed by atoms with Gasteiger partial charge in [-0.3, -0.25) is 0 Å². The Morgan fingerprint density at radius 2 is 2.20 bits per heavy atom. The van der Waals surface area contributed by atoms with E-state index in [1.807, 2.05) is 6.20 Å². The first kappa shape index (κ1) is 11.1. The third-order valence-corrected chi connectivity index (χ3v) is 3.78. The van der Waals surface area contributed by atoms with Gasteiger partial charge in [-0.15, -0.1) is 0 Å². The molecule has 3 nitrogen and oxygen atoms in total. The summed E-state index contributed by atoms with van der Waals surface area (Å²) in [6.07, 6.45) is 9.06. The summed E-state index contributed by atoms with van der Waals surface area (Å²) in [7, 11) is 2.13. The molecule has 0 atom stereocenters. The van der Waals surface area contributed by atoms with Crippen molar-refractivity contribution in [2.45, 2.75) is 25.7 Å². The highest BCUT2D eigenvalue weighted by Crippen LogP contribution is 2.27. The SMILES string of the molecule is CN(CC1CCCC1)c1ncncc1I. The van der Waals surface area contributed by atoms with Gasteiger partial charge in [0.25, 0.3) is 0 Å². The summed E-state index contributed by atoms with van der Waals surface area (Å²) < 4.78 is 1.13. The van der Waals surface area contributed by atoms with E-state index in [2.05, 4.69) is 44.5 Å². The largest absolute Gasteiger partial charge is 0.358 e. The van der Waals surface area contributed by atoms with Gasteiger partial charge in [-0.05, 0) is 41.4 Å². The smallest absolute Gasteiger partial charge is 0.145 e. The summed E-state index contributed by atoms with van der Waals surface area (Å²) in [6.45, 7) is 1.13. The highest BCUT2D eigenvalue weighted by atomic mass is 127. The molecule has 82 valence electrons. The predicted molar refractivity (Wildman–Crippen MR) is 70.0 cm³/mol. The number of rotatable bonds is 3. The number of nitrogens with zero attached hydrogens (tertiary/aromatic N) is 3. The zero-order valence-electron chi connectivity index (χ0n) is 8.99. The second-order valence-electron chi connectivity index (χ2n) is 4.23. The molecule has 0 aliphatic heterocycles. The van der Waals surface area contributed by atoms with Crippen LogP contribution >= 0.6 is 22.6 Å². The van der Waals surface area contributed by atoms with Crippen LogP contribution in [0, 0.1) is 9.49 Å².